The topological polar surface area (TPSA) is 17.1 Å². The molecule has 0 amide bonds. The quantitative estimate of drug-likeness (QED) is 0.497. The number of allylic oxidation sites excluding steroid dienone is 2. The van der Waals surface area contributed by atoms with Gasteiger partial charge in [-0.1, -0.05) is 35.9 Å². The van der Waals surface area contributed by atoms with Crippen molar-refractivity contribution in [3.8, 4) is 0 Å². The lowest BCUT2D eigenvalue weighted by atomic mass is 10.0. The Bertz CT molecular complexity index is 331. The van der Waals surface area contributed by atoms with Crippen LogP contribution in [0, 0.1) is 6.92 Å². The summed E-state index contributed by atoms with van der Waals surface area (Å²) in [5.74, 6) is 0.113. The Hall–Kier alpha value is -1.37. The molecule has 1 rings (SSSR count). The van der Waals surface area contributed by atoms with Crippen LogP contribution in [0.2, 0.25) is 0 Å². The summed E-state index contributed by atoms with van der Waals surface area (Å²) >= 11 is 0. The van der Waals surface area contributed by atoms with Gasteiger partial charge in [0.2, 0.25) is 0 Å². The fourth-order valence-corrected chi connectivity index (χ4v) is 1.06. The van der Waals surface area contributed by atoms with Crippen LogP contribution in [0.1, 0.15) is 29.8 Å². The zero-order valence-electron chi connectivity index (χ0n) is 8.29. The predicted octanol–water partition coefficient (Wildman–Crippen LogP) is 3.14. The van der Waals surface area contributed by atoms with Crippen LogP contribution in [0.15, 0.2) is 35.9 Å². The number of carbonyl (C=O) groups is 1. The number of hydrogen-bond donors (Lipinski definition) is 0. The minimum absolute atomic E-state index is 0.113. The first-order valence-electron chi connectivity index (χ1n) is 4.39. The Morgan fingerprint density at radius 1 is 1.23 bits per heavy atom. The molecular weight excluding hydrogens is 160 g/mol. The first kappa shape index (κ1) is 9.72. The summed E-state index contributed by atoms with van der Waals surface area (Å²) in [7, 11) is 0. The van der Waals surface area contributed by atoms with Crippen LogP contribution in [-0.2, 0) is 0 Å². The summed E-state index contributed by atoms with van der Waals surface area (Å²) in [5, 5.41) is 0. The van der Waals surface area contributed by atoms with Crippen molar-refractivity contribution in [2.75, 3.05) is 0 Å². The van der Waals surface area contributed by atoms with Crippen molar-refractivity contribution >= 4 is 5.78 Å². The van der Waals surface area contributed by atoms with E-state index in [4.69, 9.17) is 0 Å². The lowest BCUT2D eigenvalue weighted by molar-refractivity contribution is 0.103. The van der Waals surface area contributed by atoms with E-state index in [1.807, 2.05) is 51.1 Å². The van der Waals surface area contributed by atoms with E-state index in [9.17, 15) is 4.79 Å². The molecule has 0 spiro atoms. The van der Waals surface area contributed by atoms with Crippen molar-refractivity contribution in [3.63, 3.8) is 0 Å². The monoisotopic (exact) mass is 174 g/mol. The van der Waals surface area contributed by atoms with Crippen molar-refractivity contribution < 1.29 is 4.79 Å². The molecule has 0 aliphatic carbocycles. The fourth-order valence-electron chi connectivity index (χ4n) is 1.06. The lowest BCUT2D eigenvalue weighted by Crippen LogP contribution is -1.99. The molecule has 0 aromatic heterocycles. The molecule has 0 saturated carbocycles. The number of hydrogen-bond acceptors (Lipinski definition) is 1. The molecule has 1 nitrogen and oxygen atoms in total. The number of Topliss-reactive ketones (excluding diaryl/α,β-unsaturated/α-hetero) is 1. The highest BCUT2D eigenvalue weighted by Crippen LogP contribution is 2.08. The molecule has 0 aliphatic heterocycles. The van der Waals surface area contributed by atoms with Gasteiger partial charge in [-0.3, -0.25) is 4.79 Å². The minimum atomic E-state index is 0.113. The fraction of sp³-hybridized carbons (Fsp3) is 0.250. The largest absolute Gasteiger partial charge is 0.289 e. The maximum atomic E-state index is 11.6. The van der Waals surface area contributed by atoms with Crippen LogP contribution in [0.4, 0.5) is 0 Å². The molecule has 0 unspecified atom stereocenters. The summed E-state index contributed by atoms with van der Waals surface area (Å²) in [6, 6.07) is 7.64. The molecule has 13 heavy (non-hydrogen) atoms. The van der Waals surface area contributed by atoms with E-state index in [0.29, 0.717) is 0 Å². The van der Waals surface area contributed by atoms with Gasteiger partial charge in [0.1, 0.15) is 0 Å². The molecule has 0 saturated heterocycles. The Balaban J connectivity index is 2.97. The minimum Gasteiger partial charge on any atom is -0.289 e. The molecule has 0 heterocycles. The summed E-state index contributed by atoms with van der Waals surface area (Å²) in [6.07, 6.45) is 1.84. The second-order valence-corrected chi connectivity index (χ2v) is 3.17. The van der Waals surface area contributed by atoms with Gasteiger partial charge in [0, 0.05) is 5.56 Å². The molecule has 0 N–H and O–H groups in total. The van der Waals surface area contributed by atoms with E-state index in [0.717, 1.165) is 11.1 Å². The van der Waals surface area contributed by atoms with Gasteiger partial charge < -0.3 is 0 Å². The van der Waals surface area contributed by atoms with Crippen LogP contribution in [-0.4, -0.2) is 5.78 Å². The van der Waals surface area contributed by atoms with Gasteiger partial charge in [-0.25, -0.2) is 0 Å². The van der Waals surface area contributed by atoms with E-state index in [-0.39, 0.29) is 5.78 Å². The third-order valence-corrected chi connectivity index (χ3v) is 2.10. The zero-order chi connectivity index (χ0) is 9.84. The second-order valence-electron chi connectivity index (χ2n) is 3.17. The second kappa shape index (κ2) is 4.04. The van der Waals surface area contributed by atoms with Crippen LogP contribution in [0.3, 0.4) is 0 Å². The van der Waals surface area contributed by atoms with Crippen LogP contribution in [0.5, 0.6) is 0 Å². The van der Waals surface area contributed by atoms with E-state index in [1.165, 1.54) is 5.56 Å². The molecule has 68 valence electrons. The Kier molecular flexibility index (Phi) is 3.02. The molecular formula is C12H14O. The molecule has 0 atom stereocenters. The number of aryl methyl sites for hydroxylation is 1. The summed E-state index contributed by atoms with van der Waals surface area (Å²) < 4.78 is 0. The van der Waals surface area contributed by atoms with Crippen LogP contribution < -0.4 is 0 Å². The third kappa shape index (κ3) is 2.28. The molecule has 0 bridgehead atoms. The molecule has 1 aromatic rings. The summed E-state index contributed by atoms with van der Waals surface area (Å²) in [6.45, 7) is 5.72. The van der Waals surface area contributed by atoms with Crippen LogP contribution in [0.25, 0.3) is 0 Å². The van der Waals surface area contributed by atoms with Crippen molar-refractivity contribution in [1.82, 2.24) is 0 Å². The highest BCUT2D eigenvalue weighted by molar-refractivity contribution is 6.08. The number of benzene rings is 1. The van der Waals surface area contributed by atoms with E-state index in [2.05, 4.69) is 0 Å². The van der Waals surface area contributed by atoms with Crippen LogP contribution >= 0.6 is 0 Å². The number of carbonyl (C=O) groups excluding carboxylic acids is 1. The lowest BCUT2D eigenvalue weighted by Gasteiger charge is -2.00. The van der Waals surface area contributed by atoms with Gasteiger partial charge in [0.15, 0.2) is 5.78 Å². The normalized spacial score (nSPS) is 11.5. The maximum absolute atomic E-state index is 11.6. The van der Waals surface area contributed by atoms with Gasteiger partial charge in [-0.05, 0) is 26.3 Å². The first-order valence-corrected chi connectivity index (χ1v) is 4.39. The predicted molar refractivity (Wildman–Crippen MR) is 54.9 cm³/mol. The first-order chi connectivity index (χ1) is 6.15. The standard InChI is InChI=1S/C12H14O/c1-4-10(3)12(13)11-7-5-9(2)6-8-11/h4-8H,1-3H3/b10-4+. The molecule has 0 fully saturated rings. The average Bonchev–Trinajstić information content (AvgIpc) is 2.17. The Morgan fingerprint density at radius 2 is 1.77 bits per heavy atom. The molecule has 0 radical (unpaired) electrons. The highest BCUT2D eigenvalue weighted by atomic mass is 16.1. The average molecular weight is 174 g/mol. The smallest absolute Gasteiger partial charge is 0.188 e. The van der Waals surface area contributed by atoms with Gasteiger partial charge in [-0.2, -0.15) is 0 Å². The van der Waals surface area contributed by atoms with Crippen molar-refractivity contribution in [2.45, 2.75) is 20.8 Å². The third-order valence-electron chi connectivity index (χ3n) is 2.10. The Morgan fingerprint density at radius 3 is 2.23 bits per heavy atom. The Labute approximate surface area is 79.1 Å². The van der Waals surface area contributed by atoms with Gasteiger partial charge >= 0.3 is 0 Å². The zero-order valence-corrected chi connectivity index (χ0v) is 8.29. The molecule has 0 aliphatic rings. The van der Waals surface area contributed by atoms with Crippen molar-refractivity contribution in [2.24, 2.45) is 0 Å². The highest BCUT2D eigenvalue weighted by Gasteiger charge is 2.05. The maximum Gasteiger partial charge on any atom is 0.188 e. The SMILES string of the molecule is C/C=C(\C)C(=O)c1ccc(C)cc1. The number of ketones is 1. The molecule has 1 heteroatoms. The van der Waals surface area contributed by atoms with E-state index < -0.39 is 0 Å². The number of rotatable bonds is 2. The summed E-state index contributed by atoms with van der Waals surface area (Å²) in [4.78, 5) is 11.6. The van der Waals surface area contributed by atoms with Gasteiger partial charge in [-0.15, -0.1) is 0 Å². The van der Waals surface area contributed by atoms with Gasteiger partial charge in [0.25, 0.3) is 0 Å². The summed E-state index contributed by atoms with van der Waals surface area (Å²) in [5.41, 5.74) is 2.74. The van der Waals surface area contributed by atoms with E-state index in [1.54, 1.807) is 0 Å². The van der Waals surface area contributed by atoms with Crippen molar-refractivity contribution in [1.29, 1.82) is 0 Å². The molecule has 1 aromatic carbocycles. The van der Waals surface area contributed by atoms with Crippen molar-refractivity contribution in [3.05, 3.63) is 47.0 Å². The van der Waals surface area contributed by atoms with Gasteiger partial charge in [0.05, 0.1) is 0 Å². The van der Waals surface area contributed by atoms with E-state index >= 15 is 0 Å².